The second kappa shape index (κ2) is 5.03. The number of hydrogen-bond acceptors (Lipinski definition) is 3. The molecular weight excluding hydrogens is 286 g/mol. The van der Waals surface area contributed by atoms with Gasteiger partial charge in [0.1, 0.15) is 4.90 Å². The van der Waals surface area contributed by atoms with Crippen molar-refractivity contribution in [2.24, 2.45) is 5.41 Å². The highest BCUT2D eigenvalue weighted by molar-refractivity contribution is 7.89. The molecule has 0 bridgehead atoms. The summed E-state index contributed by atoms with van der Waals surface area (Å²) in [5, 5.41) is 0.678. The van der Waals surface area contributed by atoms with E-state index >= 15 is 0 Å². The normalized spacial score (nSPS) is 17.2. The molecule has 1 saturated carbocycles. The fourth-order valence-corrected chi connectivity index (χ4v) is 4.22. The number of aromatic amines is 1. The smallest absolute Gasteiger partial charge is 0.242 e. The average Bonchev–Trinajstić information content (AvgIpc) is 3.07. The zero-order chi connectivity index (χ0) is 15.1. The molecular formula is C15H21N3O2S. The third kappa shape index (κ3) is 2.78. The van der Waals surface area contributed by atoms with Gasteiger partial charge in [0.2, 0.25) is 10.0 Å². The highest BCUT2D eigenvalue weighted by Gasteiger charge is 2.42. The molecule has 1 aliphatic carbocycles. The Morgan fingerprint density at radius 1 is 1.38 bits per heavy atom. The summed E-state index contributed by atoms with van der Waals surface area (Å²) in [6.45, 7) is 2.67. The van der Waals surface area contributed by atoms with Crippen LogP contribution in [0.1, 0.15) is 32.6 Å². The molecule has 2 aromatic rings. The molecule has 114 valence electrons. The molecule has 0 radical (unpaired) electrons. The van der Waals surface area contributed by atoms with Crippen LogP contribution in [0.4, 0.5) is 5.69 Å². The van der Waals surface area contributed by atoms with E-state index in [-0.39, 0.29) is 5.41 Å². The fraction of sp³-hybridized carbons (Fsp3) is 0.467. The van der Waals surface area contributed by atoms with Crippen LogP contribution in [0.2, 0.25) is 0 Å². The number of H-pyrrole nitrogens is 1. The van der Waals surface area contributed by atoms with Crippen LogP contribution in [-0.2, 0) is 10.0 Å². The van der Waals surface area contributed by atoms with Crippen molar-refractivity contribution in [1.82, 2.24) is 9.71 Å². The van der Waals surface area contributed by atoms with Gasteiger partial charge in [0.05, 0.1) is 0 Å². The number of sulfonamides is 1. The van der Waals surface area contributed by atoms with E-state index in [2.05, 4.69) is 16.6 Å². The van der Waals surface area contributed by atoms with Crippen molar-refractivity contribution in [2.75, 3.05) is 12.3 Å². The largest absolute Gasteiger partial charge is 0.399 e. The molecule has 3 rings (SSSR count). The number of nitrogens with one attached hydrogen (secondary N) is 2. The third-order valence-corrected chi connectivity index (χ3v) is 5.77. The van der Waals surface area contributed by atoms with Gasteiger partial charge in [-0.05, 0) is 42.9 Å². The van der Waals surface area contributed by atoms with Crippen molar-refractivity contribution >= 4 is 26.6 Å². The zero-order valence-electron chi connectivity index (χ0n) is 12.1. The number of aromatic nitrogens is 1. The van der Waals surface area contributed by atoms with Crippen molar-refractivity contribution in [1.29, 1.82) is 0 Å². The van der Waals surface area contributed by atoms with Crippen LogP contribution in [0.3, 0.4) is 0 Å². The van der Waals surface area contributed by atoms with Crippen molar-refractivity contribution < 1.29 is 8.42 Å². The molecule has 0 aliphatic heterocycles. The van der Waals surface area contributed by atoms with Crippen LogP contribution in [0.25, 0.3) is 10.9 Å². The number of fused-ring (bicyclic) bond motifs is 1. The lowest BCUT2D eigenvalue weighted by Gasteiger charge is -2.14. The summed E-state index contributed by atoms with van der Waals surface area (Å²) >= 11 is 0. The molecule has 1 heterocycles. The standard InChI is InChI=1S/C15H21N3O2S/c1-2-5-15(6-7-15)10-18-21(19,20)14-9-17-13-8-11(16)3-4-12(13)14/h3-4,8-9,17-18H,2,5-7,10,16H2,1H3. The Morgan fingerprint density at radius 2 is 2.14 bits per heavy atom. The van der Waals surface area contributed by atoms with Crippen LogP contribution in [0.15, 0.2) is 29.3 Å². The maximum absolute atomic E-state index is 12.5. The summed E-state index contributed by atoms with van der Waals surface area (Å²) in [5.74, 6) is 0. The van der Waals surface area contributed by atoms with Gasteiger partial charge >= 0.3 is 0 Å². The number of rotatable bonds is 6. The van der Waals surface area contributed by atoms with Gasteiger partial charge in [-0.3, -0.25) is 0 Å². The number of benzene rings is 1. The molecule has 21 heavy (non-hydrogen) atoms. The van der Waals surface area contributed by atoms with Crippen LogP contribution in [-0.4, -0.2) is 19.9 Å². The highest BCUT2D eigenvalue weighted by Crippen LogP contribution is 2.49. The molecule has 1 aromatic carbocycles. The quantitative estimate of drug-likeness (QED) is 0.717. The first-order valence-corrected chi connectivity index (χ1v) is 8.80. The zero-order valence-corrected chi connectivity index (χ0v) is 13.0. The lowest BCUT2D eigenvalue weighted by Crippen LogP contribution is -2.30. The van der Waals surface area contributed by atoms with Crippen molar-refractivity contribution in [3.05, 3.63) is 24.4 Å². The van der Waals surface area contributed by atoms with Gasteiger partial charge in [0, 0.05) is 29.3 Å². The lowest BCUT2D eigenvalue weighted by molar-refractivity contribution is 0.449. The summed E-state index contributed by atoms with van der Waals surface area (Å²) < 4.78 is 27.8. The second-order valence-corrected chi connectivity index (χ2v) is 7.77. The average molecular weight is 307 g/mol. The van der Waals surface area contributed by atoms with E-state index in [1.54, 1.807) is 18.2 Å². The first-order valence-electron chi connectivity index (χ1n) is 7.32. The summed E-state index contributed by atoms with van der Waals surface area (Å²) in [6.07, 6.45) is 5.95. The Bertz CT molecular complexity index is 760. The SMILES string of the molecule is CCCC1(CNS(=O)(=O)c2c[nH]c3cc(N)ccc23)CC1. The predicted molar refractivity (Wildman–Crippen MR) is 84.5 cm³/mol. The molecule has 1 aromatic heterocycles. The number of hydrogen-bond donors (Lipinski definition) is 3. The van der Waals surface area contributed by atoms with Crippen molar-refractivity contribution in [2.45, 2.75) is 37.5 Å². The lowest BCUT2D eigenvalue weighted by atomic mass is 10.0. The minimum atomic E-state index is -3.49. The Kier molecular flexibility index (Phi) is 3.45. The molecule has 0 saturated heterocycles. The summed E-state index contributed by atoms with van der Waals surface area (Å²) in [4.78, 5) is 3.27. The molecule has 0 unspecified atom stereocenters. The molecule has 1 fully saturated rings. The molecule has 5 nitrogen and oxygen atoms in total. The summed E-state index contributed by atoms with van der Waals surface area (Å²) in [6, 6.07) is 5.21. The van der Waals surface area contributed by atoms with E-state index in [9.17, 15) is 8.42 Å². The molecule has 4 N–H and O–H groups in total. The van der Waals surface area contributed by atoms with Crippen LogP contribution in [0, 0.1) is 5.41 Å². The molecule has 0 atom stereocenters. The molecule has 0 amide bonds. The maximum Gasteiger partial charge on any atom is 0.242 e. The Labute approximate surface area is 125 Å². The van der Waals surface area contributed by atoms with Gasteiger partial charge in [-0.2, -0.15) is 0 Å². The highest BCUT2D eigenvalue weighted by atomic mass is 32.2. The topological polar surface area (TPSA) is 88.0 Å². The number of anilines is 1. The van der Waals surface area contributed by atoms with E-state index in [0.717, 1.165) is 31.2 Å². The van der Waals surface area contributed by atoms with E-state index in [1.807, 2.05) is 0 Å². The van der Waals surface area contributed by atoms with Crippen molar-refractivity contribution in [3.63, 3.8) is 0 Å². The van der Waals surface area contributed by atoms with Crippen molar-refractivity contribution in [3.8, 4) is 0 Å². The summed E-state index contributed by atoms with van der Waals surface area (Å²) in [7, 11) is -3.49. The van der Waals surface area contributed by atoms with Gasteiger partial charge in [-0.15, -0.1) is 0 Å². The van der Waals surface area contributed by atoms with Crippen LogP contribution >= 0.6 is 0 Å². The van der Waals surface area contributed by atoms with Gasteiger partial charge in [-0.25, -0.2) is 13.1 Å². The first-order chi connectivity index (χ1) is 9.96. The molecule has 1 aliphatic rings. The monoisotopic (exact) mass is 307 g/mol. The fourth-order valence-electron chi connectivity index (χ4n) is 2.89. The first kappa shape index (κ1) is 14.4. The second-order valence-electron chi connectivity index (χ2n) is 6.03. The van der Waals surface area contributed by atoms with E-state index in [0.29, 0.717) is 22.5 Å². The Morgan fingerprint density at radius 3 is 2.81 bits per heavy atom. The third-order valence-electron chi connectivity index (χ3n) is 4.33. The van der Waals surface area contributed by atoms with E-state index in [4.69, 9.17) is 5.73 Å². The Hall–Kier alpha value is -1.53. The predicted octanol–water partition coefficient (Wildman–Crippen LogP) is 2.61. The van der Waals surface area contributed by atoms with Crippen LogP contribution < -0.4 is 10.5 Å². The minimum Gasteiger partial charge on any atom is -0.399 e. The summed E-state index contributed by atoms with van der Waals surface area (Å²) in [5.41, 5.74) is 7.26. The van der Waals surface area contributed by atoms with Gasteiger partial charge in [0.15, 0.2) is 0 Å². The maximum atomic E-state index is 12.5. The van der Waals surface area contributed by atoms with Gasteiger partial charge in [0.25, 0.3) is 0 Å². The van der Waals surface area contributed by atoms with Crippen LogP contribution in [0.5, 0.6) is 0 Å². The van der Waals surface area contributed by atoms with Gasteiger partial charge in [-0.1, -0.05) is 13.3 Å². The molecule has 6 heteroatoms. The van der Waals surface area contributed by atoms with E-state index < -0.39 is 10.0 Å². The van der Waals surface area contributed by atoms with Gasteiger partial charge < -0.3 is 10.7 Å². The Balaban J connectivity index is 1.83. The minimum absolute atomic E-state index is 0.193. The van der Waals surface area contributed by atoms with E-state index in [1.165, 1.54) is 6.20 Å². The number of nitrogen functional groups attached to an aromatic ring is 1. The number of nitrogens with two attached hydrogens (primary N) is 1. The molecule has 0 spiro atoms.